The number of rotatable bonds is 8. The van der Waals surface area contributed by atoms with Gasteiger partial charge in [0.1, 0.15) is 5.69 Å². The zero-order valence-corrected chi connectivity index (χ0v) is 16.1. The van der Waals surface area contributed by atoms with Crippen molar-refractivity contribution in [1.29, 1.82) is 0 Å². The molecule has 4 rings (SSSR count). The third kappa shape index (κ3) is 3.56. The molecule has 7 nitrogen and oxygen atoms in total. The van der Waals surface area contributed by atoms with Crippen LogP contribution >= 0.6 is 0 Å². The first-order valence-electron chi connectivity index (χ1n) is 9.50. The quantitative estimate of drug-likeness (QED) is 0.666. The molecule has 1 saturated carbocycles. The van der Waals surface area contributed by atoms with Crippen LogP contribution in [-0.4, -0.2) is 53.0 Å². The molecule has 1 aliphatic carbocycles. The van der Waals surface area contributed by atoms with Crippen molar-refractivity contribution in [3.8, 4) is 11.5 Å². The van der Waals surface area contributed by atoms with Gasteiger partial charge in [0.15, 0.2) is 17.3 Å². The van der Waals surface area contributed by atoms with Crippen LogP contribution in [0.15, 0.2) is 24.4 Å². The van der Waals surface area contributed by atoms with Gasteiger partial charge in [-0.2, -0.15) is 0 Å². The van der Waals surface area contributed by atoms with E-state index in [1.165, 1.54) is 0 Å². The van der Waals surface area contributed by atoms with Crippen LogP contribution in [0.3, 0.4) is 0 Å². The summed E-state index contributed by atoms with van der Waals surface area (Å²) in [5, 5.41) is 8.13. The van der Waals surface area contributed by atoms with E-state index in [1.807, 2.05) is 16.8 Å². The number of ether oxygens (including phenoxy) is 2. The first-order chi connectivity index (χ1) is 13.1. The second-order valence-electron chi connectivity index (χ2n) is 7.52. The number of likely N-dealkylation sites (tertiary alicyclic amines) is 1. The fraction of sp³-hybridized carbons (Fsp3) is 0.550. The molecule has 144 valence electrons. The molecule has 2 heterocycles. The Bertz CT molecular complexity index is 824. The molecular weight excluding hydrogens is 344 g/mol. The average molecular weight is 370 g/mol. The lowest BCUT2D eigenvalue weighted by Gasteiger charge is -2.43. The molecule has 0 amide bonds. The number of benzene rings is 1. The molecule has 1 aliphatic heterocycles. The van der Waals surface area contributed by atoms with Gasteiger partial charge in [0, 0.05) is 31.1 Å². The van der Waals surface area contributed by atoms with Crippen molar-refractivity contribution in [3.05, 3.63) is 35.7 Å². The number of carbonyl (C=O) groups is 1. The van der Waals surface area contributed by atoms with Crippen LogP contribution < -0.4 is 9.47 Å². The molecule has 2 aliphatic rings. The molecule has 0 bridgehead atoms. The van der Waals surface area contributed by atoms with Crippen LogP contribution in [0.5, 0.6) is 11.5 Å². The van der Waals surface area contributed by atoms with Gasteiger partial charge in [-0.25, -0.2) is 4.68 Å². The van der Waals surface area contributed by atoms with Crippen LogP contribution in [0, 0.1) is 5.92 Å². The maximum Gasteiger partial charge on any atom is 0.185 e. The van der Waals surface area contributed by atoms with Crippen molar-refractivity contribution in [3.63, 3.8) is 0 Å². The molecule has 1 saturated heterocycles. The maximum atomic E-state index is 12.5. The Kier molecular flexibility index (Phi) is 4.86. The third-order valence-electron chi connectivity index (χ3n) is 5.61. The summed E-state index contributed by atoms with van der Waals surface area (Å²) in [5.41, 5.74) is 1.61. The van der Waals surface area contributed by atoms with E-state index in [0.29, 0.717) is 24.1 Å². The normalized spacial score (nSPS) is 18.8. The number of nitrogens with zero attached hydrogens (tertiary/aromatic N) is 4. The Morgan fingerprint density at radius 2 is 2.04 bits per heavy atom. The van der Waals surface area contributed by atoms with E-state index in [2.05, 4.69) is 28.2 Å². The van der Waals surface area contributed by atoms with Gasteiger partial charge in [-0.3, -0.25) is 9.69 Å². The van der Waals surface area contributed by atoms with Gasteiger partial charge in [0.2, 0.25) is 0 Å². The fourth-order valence-corrected chi connectivity index (χ4v) is 3.78. The van der Waals surface area contributed by atoms with Crippen molar-refractivity contribution in [2.75, 3.05) is 27.3 Å². The van der Waals surface area contributed by atoms with E-state index < -0.39 is 0 Å². The number of Topliss-reactive ketones (excluding diaryl/α,β-unsaturated/α-hetero) is 1. The first kappa shape index (κ1) is 18.0. The number of methoxy groups -OCH3 is 2. The zero-order chi connectivity index (χ0) is 19.0. The van der Waals surface area contributed by atoms with E-state index in [4.69, 9.17) is 9.47 Å². The van der Waals surface area contributed by atoms with Crippen molar-refractivity contribution in [2.45, 2.75) is 38.3 Å². The number of hydrogen-bond donors (Lipinski definition) is 0. The van der Waals surface area contributed by atoms with E-state index in [-0.39, 0.29) is 11.8 Å². The molecule has 2 aromatic rings. The minimum absolute atomic E-state index is 0.0955. The van der Waals surface area contributed by atoms with Gasteiger partial charge in [-0.15, -0.1) is 5.10 Å². The highest BCUT2D eigenvalue weighted by molar-refractivity contribution is 5.94. The van der Waals surface area contributed by atoms with Gasteiger partial charge >= 0.3 is 0 Å². The van der Waals surface area contributed by atoms with Crippen LogP contribution in [0.1, 0.15) is 54.3 Å². The van der Waals surface area contributed by atoms with E-state index in [1.54, 1.807) is 20.4 Å². The molecule has 1 aromatic carbocycles. The molecule has 0 spiro atoms. The second kappa shape index (κ2) is 7.31. The SMILES string of the molecule is COc1cccc([C@H](C)N2CC(CC(=O)c3cn(C4CC4)nn3)C2)c1OC. The average Bonchev–Trinajstić information content (AvgIpc) is 3.39. The van der Waals surface area contributed by atoms with Crippen LogP contribution in [-0.2, 0) is 0 Å². The minimum Gasteiger partial charge on any atom is -0.493 e. The first-order valence-corrected chi connectivity index (χ1v) is 9.50. The number of ketones is 1. The summed E-state index contributed by atoms with van der Waals surface area (Å²) in [6, 6.07) is 6.62. The Morgan fingerprint density at radius 3 is 2.70 bits per heavy atom. The topological polar surface area (TPSA) is 69.5 Å². The number of aromatic nitrogens is 3. The Balaban J connectivity index is 1.34. The summed E-state index contributed by atoms with van der Waals surface area (Å²) < 4.78 is 12.8. The second-order valence-corrected chi connectivity index (χ2v) is 7.52. The molecule has 2 fully saturated rings. The van der Waals surface area contributed by atoms with E-state index >= 15 is 0 Å². The molecule has 0 radical (unpaired) electrons. The monoisotopic (exact) mass is 370 g/mol. The fourth-order valence-electron chi connectivity index (χ4n) is 3.78. The van der Waals surface area contributed by atoms with Crippen LogP contribution in [0.2, 0.25) is 0 Å². The molecular formula is C20H26N4O3. The van der Waals surface area contributed by atoms with Gasteiger partial charge in [-0.1, -0.05) is 17.3 Å². The van der Waals surface area contributed by atoms with Crippen molar-refractivity contribution < 1.29 is 14.3 Å². The largest absolute Gasteiger partial charge is 0.493 e. The van der Waals surface area contributed by atoms with Gasteiger partial charge in [-0.05, 0) is 31.7 Å². The van der Waals surface area contributed by atoms with E-state index in [9.17, 15) is 4.79 Å². The molecule has 7 heteroatoms. The smallest absolute Gasteiger partial charge is 0.185 e. The molecule has 1 atom stereocenters. The lowest BCUT2D eigenvalue weighted by atomic mass is 9.90. The molecule has 1 aromatic heterocycles. The third-order valence-corrected chi connectivity index (χ3v) is 5.61. The highest BCUT2D eigenvalue weighted by atomic mass is 16.5. The Morgan fingerprint density at radius 1 is 1.26 bits per heavy atom. The summed E-state index contributed by atoms with van der Waals surface area (Å²) >= 11 is 0. The summed E-state index contributed by atoms with van der Waals surface area (Å²) in [5.74, 6) is 1.98. The Labute approximate surface area is 159 Å². The van der Waals surface area contributed by atoms with E-state index in [0.717, 1.165) is 43.0 Å². The molecule has 27 heavy (non-hydrogen) atoms. The number of para-hydroxylation sites is 1. The zero-order valence-electron chi connectivity index (χ0n) is 16.1. The molecule has 0 unspecified atom stereocenters. The summed E-state index contributed by atoms with van der Waals surface area (Å²) in [6.45, 7) is 3.95. The predicted octanol–water partition coefficient (Wildman–Crippen LogP) is 2.90. The number of carbonyl (C=O) groups excluding carboxylic acids is 1. The van der Waals surface area contributed by atoms with Gasteiger partial charge in [0.25, 0.3) is 0 Å². The number of hydrogen-bond acceptors (Lipinski definition) is 6. The predicted molar refractivity (Wildman–Crippen MR) is 100 cm³/mol. The van der Waals surface area contributed by atoms with Crippen molar-refractivity contribution >= 4 is 5.78 Å². The Hall–Kier alpha value is -2.41. The highest BCUT2D eigenvalue weighted by Crippen LogP contribution is 2.39. The van der Waals surface area contributed by atoms with Gasteiger partial charge in [0.05, 0.1) is 26.5 Å². The summed E-state index contributed by atoms with van der Waals surface area (Å²) in [6.07, 6.45) is 4.61. The standard InChI is InChI=1S/C20H26N4O3/c1-13(16-5-4-6-19(26-2)20(16)27-3)23-10-14(11-23)9-18(25)17-12-24(22-21-17)15-7-8-15/h4-6,12-15H,7-11H2,1-3H3/t13-/m0/s1. The minimum atomic E-state index is 0.0955. The van der Waals surface area contributed by atoms with Crippen LogP contribution in [0.4, 0.5) is 0 Å². The van der Waals surface area contributed by atoms with Crippen molar-refractivity contribution in [1.82, 2.24) is 19.9 Å². The highest BCUT2D eigenvalue weighted by Gasteiger charge is 2.34. The van der Waals surface area contributed by atoms with Gasteiger partial charge < -0.3 is 9.47 Å². The maximum absolute atomic E-state index is 12.5. The van der Waals surface area contributed by atoms with Crippen molar-refractivity contribution in [2.24, 2.45) is 5.92 Å². The summed E-state index contributed by atoms with van der Waals surface area (Å²) in [4.78, 5) is 14.8. The molecule has 0 N–H and O–H groups in total. The van der Waals surface area contributed by atoms with Crippen LogP contribution in [0.25, 0.3) is 0 Å². The lowest BCUT2D eigenvalue weighted by molar-refractivity contribution is 0.0493. The summed E-state index contributed by atoms with van der Waals surface area (Å²) in [7, 11) is 3.32. The lowest BCUT2D eigenvalue weighted by Crippen LogP contribution is -2.48.